The van der Waals surface area contributed by atoms with Gasteiger partial charge in [0.2, 0.25) is 5.91 Å². The van der Waals surface area contributed by atoms with Crippen molar-refractivity contribution < 1.29 is 4.79 Å². The summed E-state index contributed by atoms with van der Waals surface area (Å²) in [5.74, 6) is 0.849. The summed E-state index contributed by atoms with van der Waals surface area (Å²) in [6, 6.07) is 0. The van der Waals surface area contributed by atoms with Crippen molar-refractivity contribution in [1.82, 2.24) is 10.6 Å². The Morgan fingerprint density at radius 2 is 2.13 bits per heavy atom. The molecule has 0 aliphatic carbocycles. The number of nitrogens with one attached hydrogen (secondary N) is 2. The van der Waals surface area contributed by atoms with E-state index in [1.54, 1.807) is 0 Å². The van der Waals surface area contributed by atoms with Crippen LogP contribution in [0.5, 0.6) is 0 Å². The maximum absolute atomic E-state index is 11.9. The molecule has 1 saturated heterocycles. The van der Waals surface area contributed by atoms with Gasteiger partial charge in [-0.25, -0.2) is 0 Å². The quantitative estimate of drug-likeness (QED) is 0.739. The monoisotopic (exact) mass is 212 g/mol. The summed E-state index contributed by atoms with van der Waals surface area (Å²) in [7, 11) is 0. The summed E-state index contributed by atoms with van der Waals surface area (Å²) in [6.07, 6.45) is 1.09. The van der Waals surface area contributed by atoms with Crippen molar-refractivity contribution in [2.45, 2.75) is 34.1 Å². The maximum Gasteiger partial charge on any atom is 0.224 e. The van der Waals surface area contributed by atoms with E-state index in [9.17, 15) is 4.79 Å². The van der Waals surface area contributed by atoms with E-state index >= 15 is 0 Å². The van der Waals surface area contributed by atoms with E-state index in [4.69, 9.17) is 0 Å². The van der Waals surface area contributed by atoms with E-state index in [0.717, 1.165) is 26.1 Å². The van der Waals surface area contributed by atoms with Crippen LogP contribution < -0.4 is 10.6 Å². The largest absolute Gasteiger partial charge is 0.355 e. The first-order valence-electron chi connectivity index (χ1n) is 5.94. The zero-order valence-electron chi connectivity index (χ0n) is 10.4. The highest BCUT2D eigenvalue weighted by Crippen LogP contribution is 2.19. The standard InChI is InChI=1S/C12H24N2O/c1-5-12(3,4)8-14-11(15)10-7-13-6-9(10)2/h9-10,13H,5-8H2,1-4H3,(H,14,15)/t9-,10-/m1/s1. The fourth-order valence-corrected chi connectivity index (χ4v) is 1.74. The number of hydrogen-bond acceptors (Lipinski definition) is 2. The van der Waals surface area contributed by atoms with E-state index in [1.807, 2.05) is 0 Å². The van der Waals surface area contributed by atoms with E-state index in [2.05, 4.69) is 38.3 Å². The van der Waals surface area contributed by atoms with E-state index in [1.165, 1.54) is 0 Å². The lowest BCUT2D eigenvalue weighted by molar-refractivity contribution is -0.125. The summed E-state index contributed by atoms with van der Waals surface area (Å²) in [4.78, 5) is 11.9. The van der Waals surface area contributed by atoms with E-state index in [0.29, 0.717) is 5.92 Å². The first-order valence-corrected chi connectivity index (χ1v) is 5.94. The van der Waals surface area contributed by atoms with Crippen LogP contribution in [-0.2, 0) is 4.79 Å². The highest BCUT2D eigenvalue weighted by Gasteiger charge is 2.30. The predicted octanol–water partition coefficient (Wildman–Crippen LogP) is 1.39. The molecule has 0 saturated carbocycles. The maximum atomic E-state index is 11.9. The van der Waals surface area contributed by atoms with Gasteiger partial charge in [0.15, 0.2) is 0 Å². The number of amides is 1. The highest BCUT2D eigenvalue weighted by molar-refractivity contribution is 5.79. The average molecular weight is 212 g/mol. The molecule has 1 heterocycles. The molecule has 1 fully saturated rings. The SMILES string of the molecule is CCC(C)(C)CNC(=O)[C@@H]1CNC[C@H]1C. The van der Waals surface area contributed by atoms with Crippen molar-refractivity contribution in [3.05, 3.63) is 0 Å². The van der Waals surface area contributed by atoms with Gasteiger partial charge >= 0.3 is 0 Å². The highest BCUT2D eigenvalue weighted by atomic mass is 16.1. The van der Waals surface area contributed by atoms with Gasteiger partial charge in [0.05, 0.1) is 5.92 Å². The van der Waals surface area contributed by atoms with Gasteiger partial charge in [-0.3, -0.25) is 4.79 Å². The van der Waals surface area contributed by atoms with Crippen LogP contribution in [0.15, 0.2) is 0 Å². The molecule has 1 aliphatic rings. The third kappa shape index (κ3) is 3.49. The second kappa shape index (κ2) is 4.97. The zero-order valence-corrected chi connectivity index (χ0v) is 10.4. The van der Waals surface area contributed by atoms with Crippen molar-refractivity contribution in [3.8, 4) is 0 Å². The van der Waals surface area contributed by atoms with Crippen LogP contribution in [0.3, 0.4) is 0 Å². The molecule has 0 unspecified atom stereocenters. The molecule has 1 amide bonds. The van der Waals surface area contributed by atoms with Gasteiger partial charge in [-0.05, 0) is 24.3 Å². The lowest BCUT2D eigenvalue weighted by Crippen LogP contribution is -2.39. The van der Waals surface area contributed by atoms with Crippen molar-refractivity contribution in [2.24, 2.45) is 17.3 Å². The van der Waals surface area contributed by atoms with Crippen LogP contribution in [0.25, 0.3) is 0 Å². The number of carbonyl (C=O) groups is 1. The molecule has 3 nitrogen and oxygen atoms in total. The van der Waals surface area contributed by atoms with Crippen LogP contribution in [0.4, 0.5) is 0 Å². The third-order valence-corrected chi connectivity index (χ3v) is 3.55. The van der Waals surface area contributed by atoms with Crippen LogP contribution in [0, 0.1) is 17.3 Å². The van der Waals surface area contributed by atoms with Crippen molar-refractivity contribution in [1.29, 1.82) is 0 Å². The van der Waals surface area contributed by atoms with Crippen molar-refractivity contribution in [3.63, 3.8) is 0 Å². The lowest BCUT2D eigenvalue weighted by Gasteiger charge is -2.24. The molecule has 2 atom stereocenters. The molecule has 1 aliphatic heterocycles. The fourth-order valence-electron chi connectivity index (χ4n) is 1.74. The second-order valence-corrected chi connectivity index (χ2v) is 5.48. The van der Waals surface area contributed by atoms with Gasteiger partial charge in [-0.1, -0.05) is 27.7 Å². The summed E-state index contributed by atoms with van der Waals surface area (Å²) < 4.78 is 0. The van der Waals surface area contributed by atoms with Crippen LogP contribution >= 0.6 is 0 Å². The van der Waals surface area contributed by atoms with Crippen molar-refractivity contribution in [2.75, 3.05) is 19.6 Å². The molecular formula is C12H24N2O. The number of hydrogen-bond donors (Lipinski definition) is 2. The van der Waals surface area contributed by atoms with Crippen molar-refractivity contribution >= 4 is 5.91 Å². The minimum absolute atomic E-state index is 0.164. The minimum Gasteiger partial charge on any atom is -0.355 e. The first-order chi connectivity index (χ1) is 6.96. The van der Waals surface area contributed by atoms with Crippen LogP contribution in [0.1, 0.15) is 34.1 Å². The first kappa shape index (κ1) is 12.5. The Bertz CT molecular complexity index is 226. The predicted molar refractivity (Wildman–Crippen MR) is 62.6 cm³/mol. The Morgan fingerprint density at radius 1 is 1.47 bits per heavy atom. The lowest BCUT2D eigenvalue weighted by atomic mass is 9.89. The van der Waals surface area contributed by atoms with Crippen LogP contribution in [-0.4, -0.2) is 25.5 Å². The van der Waals surface area contributed by atoms with Gasteiger partial charge in [0.1, 0.15) is 0 Å². The third-order valence-electron chi connectivity index (χ3n) is 3.55. The van der Waals surface area contributed by atoms with Gasteiger partial charge in [-0.2, -0.15) is 0 Å². The summed E-state index contributed by atoms with van der Waals surface area (Å²) >= 11 is 0. The van der Waals surface area contributed by atoms with Gasteiger partial charge in [-0.15, -0.1) is 0 Å². The molecule has 3 heteroatoms. The summed E-state index contributed by atoms with van der Waals surface area (Å²) in [5.41, 5.74) is 0.213. The van der Waals surface area contributed by atoms with Crippen LogP contribution in [0.2, 0.25) is 0 Å². The molecule has 0 spiro atoms. The average Bonchev–Trinajstić information content (AvgIpc) is 2.61. The van der Waals surface area contributed by atoms with Gasteiger partial charge in [0.25, 0.3) is 0 Å². The smallest absolute Gasteiger partial charge is 0.224 e. The Kier molecular flexibility index (Phi) is 4.14. The summed E-state index contributed by atoms with van der Waals surface area (Å²) in [5, 5.41) is 6.32. The van der Waals surface area contributed by atoms with Gasteiger partial charge < -0.3 is 10.6 Å². The summed E-state index contributed by atoms with van der Waals surface area (Å²) in [6.45, 7) is 11.2. The Balaban J connectivity index is 2.36. The number of carbonyl (C=O) groups excluding carboxylic acids is 1. The number of rotatable bonds is 4. The second-order valence-electron chi connectivity index (χ2n) is 5.48. The van der Waals surface area contributed by atoms with E-state index < -0.39 is 0 Å². The topological polar surface area (TPSA) is 41.1 Å². The van der Waals surface area contributed by atoms with E-state index in [-0.39, 0.29) is 17.2 Å². The van der Waals surface area contributed by atoms with Gasteiger partial charge in [0, 0.05) is 13.1 Å². The Labute approximate surface area is 93.0 Å². The molecule has 2 N–H and O–H groups in total. The molecule has 0 radical (unpaired) electrons. The minimum atomic E-state index is 0.164. The molecule has 0 aromatic heterocycles. The zero-order chi connectivity index (χ0) is 11.5. The molecule has 0 aromatic carbocycles. The molecule has 0 aromatic rings. The Morgan fingerprint density at radius 3 is 2.60 bits per heavy atom. The molecule has 0 bridgehead atoms. The molecular weight excluding hydrogens is 188 g/mol. The Hall–Kier alpha value is -0.570. The molecule has 1 rings (SSSR count). The normalized spacial score (nSPS) is 26.7. The molecule has 15 heavy (non-hydrogen) atoms. The fraction of sp³-hybridized carbons (Fsp3) is 0.917. The molecule has 88 valence electrons.